The summed E-state index contributed by atoms with van der Waals surface area (Å²) in [6.45, 7) is 5.15. The molecule has 0 aliphatic heterocycles. The topological polar surface area (TPSA) is 71.0 Å². The molecule has 0 aromatic carbocycles. The first kappa shape index (κ1) is 15.3. The average molecular weight is 309 g/mol. The lowest BCUT2D eigenvalue weighted by molar-refractivity contribution is 0.0784. The fraction of sp³-hybridized carbons (Fsp3) is 0.357. The van der Waals surface area contributed by atoms with Crippen LogP contribution in [0.1, 0.15) is 28.5 Å². The van der Waals surface area contributed by atoms with E-state index in [0.717, 1.165) is 17.8 Å². The third kappa shape index (κ3) is 3.33. The summed E-state index contributed by atoms with van der Waals surface area (Å²) in [5.74, 6) is -0.211. The summed E-state index contributed by atoms with van der Waals surface area (Å²) in [6.07, 6.45) is 3.30. The normalized spacial score (nSPS) is 10.7. The van der Waals surface area contributed by atoms with Crippen LogP contribution in [0.2, 0.25) is 5.02 Å². The highest BCUT2D eigenvalue weighted by molar-refractivity contribution is 6.30. The molecule has 112 valence electrons. The molecule has 0 spiro atoms. The van der Waals surface area contributed by atoms with Crippen LogP contribution >= 0.6 is 11.6 Å². The van der Waals surface area contributed by atoms with Gasteiger partial charge in [0, 0.05) is 38.1 Å². The number of aromatic nitrogens is 3. The molecule has 2 rings (SSSR count). The van der Waals surface area contributed by atoms with Gasteiger partial charge in [-0.05, 0) is 19.9 Å². The number of aryl methyl sites for hydroxylation is 2. The van der Waals surface area contributed by atoms with Crippen LogP contribution in [0.4, 0.5) is 0 Å². The van der Waals surface area contributed by atoms with Crippen molar-refractivity contribution >= 4 is 17.5 Å². The van der Waals surface area contributed by atoms with Crippen LogP contribution in [0, 0.1) is 6.92 Å². The number of carbonyl (C=O) groups is 1. The second-order valence-electron chi connectivity index (χ2n) is 4.82. The van der Waals surface area contributed by atoms with E-state index in [9.17, 15) is 9.59 Å². The molecule has 0 aliphatic rings. The number of pyridine rings is 1. The predicted molar refractivity (Wildman–Crippen MR) is 80.5 cm³/mol. The van der Waals surface area contributed by atoms with E-state index in [1.54, 1.807) is 11.9 Å². The zero-order chi connectivity index (χ0) is 15.6. The second-order valence-corrected chi connectivity index (χ2v) is 5.23. The van der Waals surface area contributed by atoms with Gasteiger partial charge in [0.1, 0.15) is 5.02 Å². The van der Waals surface area contributed by atoms with Gasteiger partial charge in [-0.1, -0.05) is 11.6 Å². The third-order valence-corrected chi connectivity index (χ3v) is 3.51. The molecular formula is C14H17ClN4O2. The van der Waals surface area contributed by atoms with Crippen LogP contribution in [0.15, 0.2) is 23.3 Å². The second kappa shape index (κ2) is 6.13. The molecule has 6 nitrogen and oxygen atoms in total. The number of carbonyl (C=O) groups excluding carboxylic acids is 1. The molecule has 0 saturated carbocycles. The number of H-pyrrole nitrogens is 1. The van der Waals surface area contributed by atoms with Crippen molar-refractivity contribution in [2.75, 3.05) is 7.05 Å². The predicted octanol–water partition coefficient (Wildman–Crippen LogP) is 1.83. The largest absolute Gasteiger partial charge is 0.337 e. The molecule has 1 amide bonds. The van der Waals surface area contributed by atoms with Gasteiger partial charge in [0.25, 0.3) is 11.5 Å². The Bertz CT molecular complexity index is 720. The quantitative estimate of drug-likeness (QED) is 0.936. The van der Waals surface area contributed by atoms with Crippen LogP contribution < -0.4 is 5.56 Å². The lowest BCUT2D eigenvalue weighted by atomic mass is 10.2. The zero-order valence-corrected chi connectivity index (χ0v) is 12.9. The van der Waals surface area contributed by atoms with Crippen molar-refractivity contribution in [3.63, 3.8) is 0 Å². The molecule has 0 unspecified atom stereocenters. The number of hydrogen-bond donors (Lipinski definition) is 1. The van der Waals surface area contributed by atoms with Crippen molar-refractivity contribution in [2.24, 2.45) is 0 Å². The van der Waals surface area contributed by atoms with E-state index in [4.69, 9.17) is 11.6 Å². The molecule has 0 atom stereocenters. The van der Waals surface area contributed by atoms with Crippen LogP contribution in [0.25, 0.3) is 0 Å². The first-order valence-corrected chi connectivity index (χ1v) is 6.96. The van der Waals surface area contributed by atoms with Crippen LogP contribution in [0.5, 0.6) is 0 Å². The van der Waals surface area contributed by atoms with Crippen molar-refractivity contribution in [1.29, 1.82) is 0 Å². The van der Waals surface area contributed by atoms with Gasteiger partial charge in [-0.15, -0.1) is 0 Å². The molecule has 0 fully saturated rings. The van der Waals surface area contributed by atoms with Crippen LogP contribution in [0.3, 0.4) is 0 Å². The van der Waals surface area contributed by atoms with Crippen molar-refractivity contribution in [3.8, 4) is 0 Å². The van der Waals surface area contributed by atoms with Crippen molar-refractivity contribution in [1.82, 2.24) is 19.7 Å². The fourth-order valence-corrected chi connectivity index (χ4v) is 2.18. The van der Waals surface area contributed by atoms with E-state index in [0.29, 0.717) is 12.1 Å². The van der Waals surface area contributed by atoms with Crippen LogP contribution in [-0.2, 0) is 13.1 Å². The maximum absolute atomic E-state index is 12.3. The Morgan fingerprint density at radius 1 is 1.52 bits per heavy atom. The summed E-state index contributed by atoms with van der Waals surface area (Å²) in [5, 5.41) is 4.35. The Morgan fingerprint density at radius 3 is 2.81 bits per heavy atom. The van der Waals surface area contributed by atoms with E-state index >= 15 is 0 Å². The highest BCUT2D eigenvalue weighted by Gasteiger charge is 2.15. The summed E-state index contributed by atoms with van der Waals surface area (Å²) < 4.78 is 1.83. The Labute approximate surface area is 127 Å². The maximum Gasteiger partial charge on any atom is 0.266 e. The summed E-state index contributed by atoms with van der Waals surface area (Å²) in [7, 11) is 1.70. The third-order valence-electron chi connectivity index (χ3n) is 3.23. The zero-order valence-electron chi connectivity index (χ0n) is 12.2. The van der Waals surface area contributed by atoms with Gasteiger partial charge >= 0.3 is 0 Å². The number of nitrogens with zero attached hydrogens (tertiary/aromatic N) is 3. The van der Waals surface area contributed by atoms with Crippen molar-refractivity contribution in [3.05, 3.63) is 50.7 Å². The van der Waals surface area contributed by atoms with E-state index in [-0.39, 0.29) is 10.9 Å². The van der Waals surface area contributed by atoms with E-state index < -0.39 is 5.56 Å². The van der Waals surface area contributed by atoms with E-state index in [1.165, 1.54) is 12.3 Å². The minimum Gasteiger partial charge on any atom is -0.337 e. The molecule has 2 heterocycles. The number of rotatable bonds is 4. The Morgan fingerprint density at radius 2 is 2.24 bits per heavy atom. The summed E-state index contributed by atoms with van der Waals surface area (Å²) in [6, 6.07) is 1.38. The van der Waals surface area contributed by atoms with Gasteiger partial charge in [-0.25, -0.2) is 0 Å². The number of halogens is 1. The maximum atomic E-state index is 12.3. The number of aromatic amines is 1. The first-order valence-electron chi connectivity index (χ1n) is 6.59. The SMILES string of the molecule is CCn1cc(CN(C)C(=O)c2c[nH]c(=O)c(Cl)c2)c(C)n1. The smallest absolute Gasteiger partial charge is 0.266 e. The van der Waals surface area contributed by atoms with Gasteiger partial charge in [-0.2, -0.15) is 5.10 Å². The van der Waals surface area contributed by atoms with Gasteiger partial charge < -0.3 is 9.88 Å². The Hall–Kier alpha value is -2.08. The molecular weight excluding hydrogens is 292 g/mol. The van der Waals surface area contributed by atoms with E-state index in [2.05, 4.69) is 10.1 Å². The molecule has 1 N–H and O–H groups in total. The monoisotopic (exact) mass is 308 g/mol. The fourth-order valence-electron chi connectivity index (χ4n) is 2.00. The summed E-state index contributed by atoms with van der Waals surface area (Å²) >= 11 is 5.74. The highest BCUT2D eigenvalue weighted by atomic mass is 35.5. The number of hydrogen-bond acceptors (Lipinski definition) is 3. The molecule has 2 aromatic rings. The van der Waals surface area contributed by atoms with Crippen molar-refractivity contribution < 1.29 is 4.79 Å². The number of nitrogens with one attached hydrogen (secondary N) is 1. The summed E-state index contributed by atoms with van der Waals surface area (Å²) in [5.41, 5.74) is 1.83. The molecule has 0 aliphatic carbocycles. The molecule has 0 saturated heterocycles. The minimum absolute atomic E-state index is 0.00392. The first-order chi connectivity index (χ1) is 9.92. The Balaban J connectivity index is 2.17. The average Bonchev–Trinajstić information content (AvgIpc) is 2.81. The Kier molecular flexibility index (Phi) is 4.47. The molecule has 7 heteroatoms. The van der Waals surface area contributed by atoms with Gasteiger partial charge in [0.2, 0.25) is 0 Å². The van der Waals surface area contributed by atoms with Crippen molar-refractivity contribution in [2.45, 2.75) is 26.9 Å². The highest BCUT2D eigenvalue weighted by Crippen LogP contribution is 2.12. The van der Waals surface area contributed by atoms with Gasteiger partial charge in [0.05, 0.1) is 11.3 Å². The minimum atomic E-state index is -0.407. The molecule has 2 aromatic heterocycles. The van der Waals surface area contributed by atoms with Gasteiger partial charge in [-0.3, -0.25) is 14.3 Å². The summed E-state index contributed by atoms with van der Waals surface area (Å²) in [4.78, 5) is 27.5. The molecule has 0 radical (unpaired) electrons. The number of amides is 1. The molecule has 0 bridgehead atoms. The van der Waals surface area contributed by atoms with Gasteiger partial charge in [0.15, 0.2) is 0 Å². The van der Waals surface area contributed by atoms with E-state index in [1.807, 2.05) is 24.7 Å². The molecule has 21 heavy (non-hydrogen) atoms. The lowest BCUT2D eigenvalue weighted by Crippen LogP contribution is -2.27. The lowest BCUT2D eigenvalue weighted by Gasteiger charge is -2.16. The van der Waals surface area contributed by atoms with Crippen LogP contribution in [-0.4, -0.2) is 32.6 Å². The standard InChI is InChI=1S/C14H17ClN4O2/c1-4-19-8-11(9(2)17-19)7-18(3)14(21)10-5-12(15)13(20)16-6-10/h5-6,8H,4,7H2,1-3H3,(H,16,20).